The molecule has 1 aliphatic heterocycles. The molecule has 0 fully saturated rings. The molecule has 10 aromatic rings. The van der Waals surface area contributed by atoms with Gasteiger partial charge in [0.2, 0.25) is 0 Å². The molecule has 12 rings (SSSR count). The molecule has 57 heavy (non-hydrogen) atoms. The third-order valence-electron chi connectivity index (χ3n) is 11.5. The van der Waals surface area contributed by atoms with Gasteiger partial charge in [0.1, 0.15) is 11.9 Å². The van der Waals surface area contributed by atoms with E-state index in [1.54, 1.807) is 0 Å². The van der Waals surface area contributed by atoms with Crippen LogP contribution < -0.4 is 4.74 Å². The zero-order valence-electron chi connectivity index (χ0n) is 30.7. The Morgan fingerprint density at radius 2 is 1.00 bits per heavy atom. The molecule has 1 aliphatic carbocycles. The second kappa shape index (κ2) is 12.5. The number of fused-ring (bicyclic) bond motifs is 10. The number of hydrogen-bond acceptors (Lipinski definition) is 4. The van der Waals surface area contributed by atoms with Crippen LogP contribution in [0.25, 0.3) is 83.3 Å². The topological polar surface area (TPSA) is 57.8 Å². The fourth-order valence-electron chi connectivity index (χ4n) is 9.02. The van der Waals surface area contributed by atoms with E-state index in [1.807, 2.05) is 60.7 Å². The van der Waals surface area contributed by atoms with Gasteiger partial charge in [0.25, 0.3) is 0 Å². The molecule has 0 radical (unpaired) electrons. The molecule has 0 N–H and O–H groups in total. The highest BCUT2D eigenvalue weighted by Gasteiger charge is 2.37. The fourth-order valence-corrected chi connectivity index (χ4v) is 9.02. The number of ether oxygens (including phenoxy) is 1. The van der Waals surface area contributed by atoms with E-state index >= 15 is 0 Å². The molecule has 2 atom stereocenters. The highest BCUT2D eigenvalue weighted by Crippen LogP contribution is 2.49. The number of nitrogens with zero attached hydrogens (tertiary/aromatic N) is 5. The van der Waals surface area contributed by atoms with E-state index in [2.05, 4.69) is 137 Å². The molecule has 6 heteroatoms. The lowest BCUT2D eigenvalue weighted by atomic mass is 9.88. The summed E-state index contributed by atoms with van der Waals surface area (Å²) < 4.78 is 11.8. The Hall–Kier alpha value is -7.57. The molecule has 6 nitrogen and oxygen atoms in total. The van der Waals surface area contributed by atoms with Gasteiger partial charge in [0, 0.05) is 55.4 Å². The summed E-state index contributed by atoms with van der Waals surface area (Å²) in [5.74, 6) is 2.77. The highest BCUT2D eigenvalue weighted by molar-refractivity contribution is 6.23. The van der Waals surface area contributed by atoms with Gasteiger partial charge in [-0.15, -0.1) is 0 Å². The molecule has 4 heterocycles. The fraction of sp³-hybridized carbons (Fsp3) is 0.0392. The van der Waals surface area contributed by atoms with Crippen LogP contribution in [0.3, 0.4) is 0 Å². The molecule has 0 spiro atoms. The molecule has 2 unspecified atom stereocenters. The van der Waals surface area contributed by atoms with Crippen molar-refractivity contribution in [2.75, 3.05) is 0 Å². The van der Waals surface area contributed by atoms with Gasteiger partial charge in [-0.05, 0) is 42.5 Å². The van der Waals surface area contributed by atoms with Crippen LogP contribution in [0.15, 0.2) is 188 Å². The minimum Gasteiger partial charge on any atom is -0.485 e. The van der Waals surface area contributed by atoms with Crippen LogP contribution in [0.1, 0.15) is 17.3 Å². The minimum absolute atomic E-state index is 0.0145. The SMILES string of the molecule is C1=CC2c3c(cccc3-n3c4ccccc4c4ccc5c6ccccc6n(-c6ccccc6)c5c43)OC2C=C1c1nc(-c2ccccc2)nc(-c2ccccc2)n1. The molecule has 268 valence electrons. The zero-order chi connectivity index (χ0) is 37.5. The van der Waals surface area contributed by atoms with Crippen LogP contribution in [0.5, 0.6) is 5.75 Å². The quantitative estimate of drug-likeness (QED) is 0.177. The third kappa shape index (κ3) is 4.87. The largest absolute Gasteiger partial charge is 0.485 e. The highest BCUT2D eigenvalue weighted by atomic mass is 16.5. The maximum atomic E-state index is 6.87. The Balaban J connectivity index is 1.05. The summed E-state index contributed by atoms with van der Waals surface area (Å²) in [4.78, 5) is 14.9. The molecule has 0 bridgehead atoms. The molecule has 7 aromatic carbocycles. The Kier molecular flexibility index (Phi) is 6.95. The number of hydrogen-bond donors (Lipinski definition) is 0. The molecule has 0 saturated carbocycles. The van der Waals surface area contributed by atoms with Crippen LogP contribution in [-0.4, -0.2) is 30.2 Å². The van der Waals surface area contributed by atoms with Gasteiger partial charge in [-0.1, -0.05) is 146 Å². The monoisotopic (exact) mass is 731 g/mol. The smallest absolute Gasteiger partial charge is 0.164 e. The summed E-state index contributed by atoms with van der Waals surface area (Å²) in [6.07, 6.45) is 6.38. The first-order valence-electron chi connectivity index (χ1n) is 19.4. The van der Waals surface area contributed by atoms with Crippen molar-refractivity contribution in [3.8, 4) is 39.9 Å². The van der Waals surface area contributed by atoms with E-state index < -0.39 is 0 Å². The number of allylic oxidation sites excluding steroid dienone is 2. The van der Waals surface area contributed by atoms with Crippen molar-refractivity contribution in [2.45, 2.75) is 12.0 Å². The third-order valence-corrected chi connectivity index (χ3v) is 11.5. The number of benzene rings is 7. The van der Waals surface area contributed by atoms with Crippen LogP contribution >= 0.6 is 0 Å². The van der Waals surface area contributed by atoms with E-state index in [9.17, 15) is 0 Å². The van der Waals surface area contributed by atoms with Gasteiger partial charge in [0.05, 0.1) is 27.8 Å². The normalized spacial score (nSPS) is 15.9. The average Bonchev–Trinajstić information content (AvgIpc) is 3.95. The molecular weight excluding hydrogens is 699 g/mol. The lowest BCUT2D eigenvalue weighted by Gasteiger charge is -2.20. The van der Waals surface area contributed by atoms with Gasteiger partial charge < -0.3 is 13.9 Å². The average molecular weight is 732 g/mol. The van der Waals surface area contributed by atoms with E-state index in [4.69, 9.17) is 19.7 Å². The van der Waals surface area contributed by atoms with E-state index in [0.717, 1.165) is 39.3 Å². The molecule has 3 aromatic heterocycles. The first-order valence-corrected chi connectivity index (χ1v) is 19.4. The second-order valence-electron chi connectivity index (χ2n) is 14.7. The van der Waals surface area contributed by atoms with Crippen LogP contribution in [-0.2, 0) is 0 Å². The van der Waals surface area contributed by atoms with Crippen molar-refractivity contribution >= 4 is 49.2 Å². The van der Waals surface area contributed by atoms with Crippen molar-refractivity contribution in [1.29, 1.82) is 0 Å². The van der Waals surface area contributed by atoms with Crippen LogP contribution in [0.4, 0.5) is 0 Å². The van der Waals surface area contributed by atoms with Crippen molar-refractivity contribution in [3.05, 3.63) is 199 Å². The van der Waals surface area contributed by atoms with Crippen molar-refractivity contribution in [2.24, 2.45) is 0 Å². The van der Waals surface area contributed by atoms with Gasteiger partial charge >= 0.3 is 0 Å². The van der Waals surface area contributed by atoms with Gasteiger partial charge in [-0.2, -0.15) is 0 Å². The minimum atomic E-state index is -0.234. The number of rotatable bonds is 5. The summed E-state index contributed by atoms with van der Waals surface area (Å²) in [6, 6.07) is 59.5. The predicted octanol–water partition coefficient (Wildman–Crippen LogP) is 11.9. The lowest BCUT2D eigenvalue weighted by Crippen LogP contribution is -2.18. The van der Waals surface area contributed by atoms with Gasteiger partial charge in [-0.3, -0.25) is 0 Å². The summed E-state index contributed by atoms with van der Waals surface area (Å²) in [5.41, 5.74) is 10.9. The van der Waals surface area contributed by atoms with Crippen molar-refractivity contribution in [3.63, 3.8) is 0 Å². The van der Waals surface area contributed by atoms with Crippen molar-refractivity contribution < 1.29 is 4.74 Å². The maximum Gasteiger partial charge on any atom is 0.164 e. The van der Waals surface area contributed by atoms with E-state index in [1.165, 1.54) is 43.7 Å². The van der Waals surface area contributed by atoms with Crippen LogP contribution in [0, 0.1) is 0 Å². The summed E-state index contributed by atoms with van der Waals surface area (Å²) >= 11 is 0. The van der Waals surface area contributed by atoms with E-state index in [0.29, 0.717) is 17.5 Å². The predicted molar refractivity (Wildman–Crippen MR) is 230 cm³/mol. The first kappa shape index (κ1) is 31.7. The number of para-hydroxylation sites is 3. The van der Waals surface area contributed by atoms with Crippen molar-refractivity contribution in [1.82, 2.24) is 24.1 Å². The summed E-state index contributed by atoms with van der Waals surface area (Å²) in [7, 11) is 0. The van der Waals surface area contributed by atoms with Crippen LogP contribution in [0.2, 0.25) is 0 Å². The standard InChI is InChI=1S/C51H33N5O/c1-4-15-32(16-5-1)49-52-50(33-17-6-2-7-18-33)54-51(53-49)34-27-28-40-45(31-34)57-44-26-14-25-43(46(40)44)56-42-24-13-11-22-37(42)39-30-29-38-36-21-10-12-23-41(36)55(47(38)48(39)56)35-19-8-3-9-20-35/h1-31,40,45H. The Bertz CT molecular complexity index is 3210. The lowest BCUT2D eigenvalue weighted by molar-refractivity contribution is 0.269. The Morgan fingerprint density at radius 1 is 0.456 bits per heavy atom. The Labute approximate surface area is 328 Å². The zero-order valence-corrected chi connectivity index (χ0v) is 30.7. The Morgan fingerprint density at radius 3 is 1.65 bits per heavy atom. The maximum absolute atomic E-state index is 6.87. The summed E-state index contributed by atoms with van der Waals surface area (Å²) in [5, 5.41) is 4.88. The molecule has 0 amide bonds. The van der Waals surface area contributed by atoms with Gasteiger partial charge in [0.15, 0.2) is 17.5 Å². The summed E-state index contributed by atoms with van der Waals surface area (Å²) in [6.45, 7) is 0. The van der Waals surface area contributed by atoms with E-state index in [-0.39, 0.29) is 12.0 Å². The second-order valence-corrected chi connectivity index (χ2v) is 14.7. The number of aromatic nitrogens is 5. The molecule has 0 saturated heterocycles. The molecular formula is C51H33N5O. The van der Waals surface area contributed by atoms with Gasteiger partial charge in [-0.25, -0.2) is 15.0 Å². The first-order chi connectivity index (χ1) is 28.3. The molecule has 2 aliphatic rings.